The topological polar surface area (TPSA) is 0 Å². The second-order valence-corrected chi connectivity index (χ2v) is 6.65. The van der Waals surface area contributed by atoms with Crippen LogP contribution in [0, 0.1) is 0 Å². The molecule has 0 spiro atoms. The molecule has 0 fully saturated rings. The molecule has 0 aromatic carbocycles. The van der Waals surface area contributed by atoms with Crippen molar-refractivity contribution in [3.8, 4) is 0 Å². The fraction of sp³-hybridized carbons (Fsp3) is 0.333. The summed E-state index contributed by atoms with van der Waals surface area (Å²) in [7, 11) is 0. The van der Waals surface area contributed by atoms with Crippen LogP contribution in [0.25, 0.3) is 0 Å². The van der Waals surface area contributed by atoms with E-state index in [1.807, 2.05) is 18.2 Å². The summed E-state index contributed by atoms with van der Waals surface area (Å²) >= 11 is -0.462. The van der Waals surface area contributed by atoms with Crippen molar-refractivity contribution in [1.82, 2.24) is 0 Å². The number of hydrogen-bond donors (Lipinski definition) is 0. The zero-order valence-corrected chi connectivity index (χ0v) is 8.10. The van der Waals surface area contributed by atoms with Crippen LogP contribution in [0.2, 0.25) is 16.0 Å². The summed E-state index contributed by atoms with van der Waals surface area (Å²) in [4.78, 5) is 0. The van der Waals surface area contributed by atoms with Gasteiger partial charge >= 0.3 is 67.8 Å². The van der Waals surface area contributed by atoms with E-state index in [1.165, 1.54) is 16.0 Å². The number of hydrogen-bond acceptors (Lipinski definition) is 0. The SMILES string of the molecule is C=CC[Se](CC=C)CC=C. The number of allylic oxidation sites excluding steroid dienone is 3. The zero-order valence-electron chi connectivity index (χ0n) is 6.38. The summed E-state index contributed by atoms with van der Waals surface area (Å²) in [6.45, 7) is 11.2. The first-order chi connectivity index (χ1) is 4.85. The Morgan fingerprint density at radius 2 is 1.10 bits per heavy atom. The van der Waals surface area contributed by atoms with Gasteiger partial charge in [0.1, 0.15) is 0 Å². The summed E-state index contributed by atoms with van der Waals surface area (Å²) in [5.74, 6) is 0. The van der Waals surface area contributed by atoms with Crippen LogP contribution >= 0.6 is 0 Å². The molecule has 0 atom stereocenters. The van der Waals surface area contributed by atoms with Gasteiger partial charge in [-0.3, -0.25) is 0 Å². The van der Waals surface area contributed by atoms with Crippen molar-refractivity contribution < 1.29 is 0 Å². The Bertz CT molecular complexity index is 92.1. The molecule has 0 aliphatic rings. The van der Waals surface area contributed by atoms with Gasteiger partial charge in [0.05, 0.1) is 0 Å². The van der Waals surface area contributed by atoms with E-state index < -0.39 is 13.9 Å². The van der Waals surface area contributed by atoms with E-state index in [4.69, 9.17) is 0 Å². The van der Waals surface area contributed by atoms with Crippen molar-refractivity contribution in [3.63, 3.8) is 0 Å². The molecule has 0 N–H and O–H groups in total. The molecule has 0 unspecified atom stereocenters. The van der Waals surface area contributed by atoms with Gasteiger partial charge < -0.3 is 0 Å². The van der Waals surface area contributed by atoms with Crippen molar-refractivity contribution in [2.75, 3.05) is 0 Å². The van der Waals surface area contributed by atoms with Gasteiger partial charge in [-0.05, 0) is 0 Å². The van der Waals surface area contributed by atoms with Crippen molar-refractivity contribution in [2.24, 2.45) is 0 Å². The van der Waals surface area contributed by atoms with Crippen LogP contribution in [0.5, 0.6) is 0 Å². The van der Waals surface area contributed by atoms with Crippen LogP contribution < -0.4 is 0 Å². The van der Waals surface area contributed by atoms with Crippen LogP contribution in [0.15, 0.2) is 38.0 Å². The van der Waals surface area contributed by atoms with E-state index >= 15 is 0 Å². The molecule has 57 valence electrons. The van der Waals surface area contributed by atoms with Gasteiger partial charge in [0.25, 0.3) is 0 Å². The Balaban J connectivity index is 3.58. The predicted octanol–water partition coefficient (Wildman–Crippen LogP) is 3.04. The summed E-state index contributed by atoms with van der Waals surface area (Å²) < 4.78 is 0. The quantitative estimate of drug-likeness (QED) is 0.458. The van der Waals surface area contributed by atoms with E-state index in [0.29, 0.717) is 0 Å². The molecule has 0 saturated carbocycles. The van der Waals surface area contributed by atoms with Crippen LogP contribution in [0.1, 0.15) is 0 Å². The van der Waals surface area contributed by atoms with Crippen LogP contribution in [0.3, 0.4) is 0 Å². The van der Waals surface area contributed by atoms with Gasteiger partial charge in [-0.2, -0.15) is 0 Å². The molecule has 10 heavy (non-hydrogen) atoms. The van der Waals surface area contributed by atoms with Gasteiger partial charge in [0, 0.05) is 0 Å². The van der Waals surface area contributed by atoms with E-state index in [0.717, 1.165) is 0 Å². The maximum atomic E-state index is 3.73. The van der Waals surface area contributed by atoms with Gasteiger partial charge in [-0.15, -0.1) is 0 Å². The summed E-state index contributed by atoms with van der Waals surface area (Å²) in [6, 6.07) is 0. The van der Waals surface area contributed by atoms with Crippen molar-refractivity contribution in [2.45, 2.75) is 16.0 Å². The number of rotatable bonds is 6. The Kier molecular flexibility index (Phi) is 6.68. The van der Waals surface area contributed by atoms with E-state index in [2.05, 4.69) is 19.7 Å². The maximum absolute atomic E-state index is 3.73. The molecule has 0 rings (SSSR count). The Morgan fingerprint density at radius 1 is 0.800 bits per heavy atom. The molecule has 0 aromatic heterocycles. The van der Waals surface area contributed by atoms with Crippen LogP contribution in [-0.2, 0) is 0 Å². The second kappa shape index (κ2) is 6.85. The van der Waals surface area contributed by atoms with E-state index in [9.17, 15) is 0 Å². The Labute approximate surface area is 68.2 Å². The van der Waals surface area contributed by atoms with Crippen molar-refractivity contribution in [1.29, 1.82) is 0 Å². The van der Waals surface area contributed by atoms with E-state index in [-0.39, 0.29) is 0 Å². The molecule has 0 heterocycles. The third-order valence-electron chi connectivity index (χ3n) is 1.06. The van der Waals surface area contributed by atoms with Gasteiger partial charge in [-0.25, -0.2) is 0 Å². The third kappa shape index (κ3) is 4.60. The first-order valence-corrected chi connectivity index (χ1v) is 6.95. The Hall–Kier alpha value is -0.261. The molecule has 1 heteroatoms. The van der Waals surface area contributed by atoms with Crippen LogP contribution in [-0.4, -0.2) is 13.9 Å². The summed E-state index contributed by atoms with van der Waals surface area (Å²) in [5.41, 5.74) is 0. The zero-order chi connectivity index (χ0) is 7.82. The average molecular weight is 202 g/mol. The fourth-order valence-electron chi connectivity index (χ4n) is 0.704. The fourth-order valence-corrected chi connectivity index (χ4v) is 3.66. The standard InChI is InChI=1S/C9H15Se/c1-4-7-10(8-5-2)9-6-3/h4-6H,1-3,7-9H2. The average Bonchev–Trinajstić information content (AvgIpc) is 1.90. The Morgan fingerprint density at radius 3 is 1.30 bits per heavy atom. The molecule has 0 nitrogen and oxygen atoms in total. The molecule has 0 amide bonds. The molecular weight excluding hydrogens is 187 g/mol. The van der Waals surface area contributed by atoms with Crippen molar-refractivity contribution >= 4 is 13.9 Å². The first-order valence-electron chi connectivity index (χ1n) is 3.32. The summed E-state index contributed by atoms with van der Waals surface area (Å²) in [6.07, 6.45) is 6.03. The molecule has 1 radical (unpaired) electrons. The molecule has 0 aromatic rings. The van der Waals surface area contributed by atoms with Gasteiger partial charge in [-0.1, -0.05) is 0 Å². The van der Waals surface area contributed by atoms with E-state index in [1.54, 1.807) is 0 Å². The molecule has 0 saturated heterocycles. The monoisotopic (exact) mass is 203 g/mol. The van der Waals surface area contributed by atoms with Crippen LogP contribution in [0.4, 0.5) is 0 Å². The normalized spacial score (nSPS) is 9.30. The summed E-state index contributed by atoms with van der Waals surface area (Å²) in [5, 5.41) is 3.58. The van der Waals surface area contributed by atoms with Gasteiger partial charge in [0.2, 0.25) is 0 Å². The van der Waals surface area contributed by atoms with Gasteiger partial charge in [0.15, 0.2) is 0 Å². The first kappa shape index (κ1) is 9.74. The third-order valence-corrected chi connectivity index (χ3v) is 5.51. The second-order valence-electron chi connectivity index (χ2n) is 1.98. The predicted molar refractivity (Wildman–Crippen MR) is 50.8 cm³/mol. The molecule has 0 bridgehead atoms. The molecule has 0 aliphatic heterocycles. The minimum atomic E-state index is -0.462. The minimum absolute atomic E-state index is 0.462. The molecular formula is C9H15Se. The molecule has 0 aliphatic carbocycles. The van der Waals surface area contributed by atoms with Crippen molar-refractivity contribution in [3.05, 3.63) is 38.0 Å².